The molecule has 3 aromatic rings. The lowest BCUT2D eigenvalue weighted by Gasteiger charge is -2.33. The topological polar surface area (TPSA) is 9.23 Å². The fraction of sp³-hybridized carbons (Fsp3) is 0.474. The van der Waals surface area contributed by atoms with Crippen LogP contribution in [0.5, 0.6) is 5.75 Å². The minimum absolute atomic E-state index is 0.0273. The minimum atomic E-state index is -1.06. The lowest BCUT2D eigenvalue weighted by atomic mass is 9.72. The fourth-order valence-corrected chi connectivity index (χ4v) is 6.74. The van der Waals surface area contributed by atoms with E-state index in [4.69, 9.17) is 4.74 Å². The Morgan fingerprint density at radius 1 is 0.767 bits per heavy atom. The highest BCUT2D eigenvalue weighted by Gasteiger charge is 2.29. The molecule has 0 heterocycles. The number of benzene rings is 3. The number of halogens is 4. The molecule has 5 heteroatoms. The van der Waals surface area contributed by atoms with Gasteiger partial charge in [-0.15, -0.1) is 6.58 Å². The maximum Gasteiger partial charge on any atom is 0.201 e. The van der Waals surface area contributed by atoms with Gasteiger partial charge in [-0.1, -0.05) is 95.3 Å². The van der Waals surface area contributed by atoms with E-state index in [0.717, 1.165) is 31.6 Å². The molecule has 0 spiro atoms. The maximum atomic E-state index is 15.4. The van der Waals surface area contributed by atoms with Crippen molar-refractivity contribution in [1.29, 1.82) is 0 Å². The first-order chi connectivity index (χ1) is 20.8. The lowest BCUT2D eigenvalue weighted by Crippen LogP contribution is -2.20. The van der Waals surface area contributed by atoms with Gasteiger partial charge < -0.3 is 4.74 Å². The maximum absolute atomic E-state index is 15.4. The van der Waals surface area contributed by atoms with Crippen molar-refractivity contribution in [2.45, 2.75) is 90.9 Å². The van der Waals surface area contributed by atoms with Crippen molar-refractivity contribution < 1.29 is 22.3 Å². The van der Waals surface area contributed by atoms with E-state index in [1.807, 2.05) is 0 Å². The average Bonchev–Trinajstić information content (AvgIpc) is 3.03. The molecule has 1 aliphatic carbocycles. The summed E-state index contributed by atoms with van der Waals surface area (Å²) in [6, 6.07) is 12.6. The van der Waals surface area contributed by atoms with Crippen LogP contribution in [-0.2, 0) is 0 Å². The Kier molecular flexibility index (Phi) is 11.9. The highest BCUT2D eigenvalue weighted by molar-refractivity contribution is 5.72. The largest absolute Gasteiger partial charge is 0.490 e. The van der Waals surface area contributed by atoms with E-state index in [9.17, 15) is 8.78 Å². The van der Waals surface area contributed by atoms with Crippen LogP contribution in [0.2, 0.25) is 0 Å². The third-order valence-corrected chi connectivity index (χ3v) is 9.57. The Hall–Kier alpha value is -3.08. The van der Waals surface area contributed by atoms with Gasteiger partial charge in [0.05, 0.1) is 6.61 Å². The summed E-state index contributed by atoms with van der Waals surface area (Å²) in [6.45, 7) is 10.7. The van der Waals surface area contributed by atoms with Crippen LogP contribution in [0.25, 0.3) is 22.3 Å². The molecule has 2 unspecified atom stereocenters. The summed E-state index contributed by atoms with van der Waals surface area (Å²) in [7, 11) is 0. The molecule has 2 atom stereocenters. The van der Waals surface area contributed by atoms with Crippen molar-refractivity contribution in [2.75, 3.05) is 6.61 Å². The SMILES string of the molecule is C=CCCOc1ccc(-c2ccc(-c3ccc(C4CCC(C(C)CCC(CC)CCC)CC4)c(F)c3F)cc2)c(F)c1F. The zero-order valence-electron chi connectivity index (χ0n) is 25.9. The van der Waals surface area contributed by atoms with Crippen LogP contribution in [0.1, 0.15) is 96.5 Å². The van der Waals surface area contributed by atoms with Gasteiger partial charge in [0.2, 0.25) is 5.82 Å². The van der Waals surface area contributed by atoms with Crippen molar-refractivity contribution in [2.24, 2.45) is 17.8 Å². The van der Waals surface area contributed by atoms with Crippen molar-refractivity contribution >= 4 is 0 Å². The van der Waals surface area contributed by atoms with E-state index in [-0.39, 0.29) is 29.4 Å². The highest BCUT2D eigenvalue weighted by atomic mass is 19.2. The Bertz CT molecular complexity index is 1340. The number of hydrogen-bond acceptors (Lipinski definition) is 1. The molecule has 3 aromatic carbocycles. The van der Waals surface area contributed by atoms with Gasteiger partial charge in [0, 0.05) is 11.1 Å². The standard InChI is InChI=1S/C38H46F4O/c1-5-8-24-43-34-23-22-33(37(41)38(34)42)30-18-16-29(17-19-30)32-21-20-31(35(39)36(32)40)28-14-12-27(13-15-28)25(4)10-11-26(7-3)9-6-2/h5,16-23,25-28H,1,6-15,24H2,2-4H3. The van der Waals surface area contributed by atoms with E-state index in [1.165, 1.54) is 44.2 Å². The first kappa shape index (κ1) is 32.8. The van der Waals surface area contributed by atoms with Gasteiger partial charge in [-0.3, -0.25) is 0 Å². The van der Waals surface area contributed by atoms with Crippen molar-refractivity contribution in [1.82, 2.24) is 0 Å². The van der Waals surface area contributed by atoms with Crippen LogP contribution >= 0.6 is 0 Å². The first-order valence-corrected chi connectivity index (χ1v) is 16.1. The number of ether oxygens (including phenoxy) is 1. The zero-order valence-corrected chi connectivity index (χ0v) is 25.9. The molecule has 0 aliphatic heterocycles. The van der Waals surface area contributed by atoms with Crippen LogP contribution in [0.15, 0.2) is 61.2 Å². The van der Waals surface area contributed by atoms with E-state index in [0.29, 0.717) is 34.9 Å². The average molecular weight is 595 g/mol. The molecule has 0 amide bonds. The molecule has 1 fully saturated rings. The molecule has 232 valence electrons. The predicted octanol–water partition coefficient (Wildman–Crippen LogP) is 12.0. The normalized spacial score (nSPS) is 18.3. The van der Waals surface area contributed by atoms with Gasteiger partial charge in [-0.25, -0.2) is 13.2 Å². The first-order valence-electron chi connectivity index (χ1n) is 16.1. The molecular weight excluding hydrogens is 548 g/mol. The third kappa shape index (κ3) is 7.91. The second-order valence-corrected chi connectivity index (χ2v) is 12.3. The van der Waals surface area contributed by atoms with E-state index in [2.05, 4.69) is 27.4 Å². The molecule has 43 heavy (non-hydrogen) atoms. The Balaban J connectivity index is 1.41. The molecule has 0 N–H and O–H groups in total. The van der Waals surface area contributed by atoms with Gasteiger partial charge in [-0.2, -0.15) is 4.39 Å². The Labute approximate surface area is 255 Å². The Morgan fingerprint density at radius 2 is 1.37 bits per heavy atom. The summed E-state index contributed by atoms with van der Waals surface area (Å²) in [5.41, 5.74) is 1.59. The van der Waals surface area contributed by atoms with Gasteiger partial charge in [-0.05, 0) is 84.6 Å². The molecule has 1 aliphatic rings. The zero-order chi connectivity index (χ0) is 30.9. The van der Waals surface area contributed by atoms with E-state index in [1.54, 1.807) is 42.5 Å². The molecule has 0 aromatic heterocycles. The van der Waals surface area contributed by atoms with Crippen molar-refractivity contribution in [3.05, 3.63) is 90.0 Å². The molecule has 1 nitrogen and oxygen atoms in total. The number of hydrogen-bond donors (Lipinski definition) is 0. The van der Waals surface area contributed by atoms with Crippen molar-refractivity contribution in [3.8, 4) is 28.0 Å². The highest BCUT2D eigenvalue weighted by Crippen LogP contribution is 2.42. The smallest absolute Gasteiger partial charge is 0.201 e. The Morgan fingerprint density at radius 3 is 1.95 bits per heavy atom. The summed E-state index contributed by atoms with van der Waals surface area (Å²) in [4.78, 5) is 0. The quantitative estimate of drug-likeness (QED) is 0.102. The van der Waals surface area contributed by atoms with Crippen LogP contribution in [0, 0.1) is 41.0 Å². The van der Waals surface area contributed by atoms with E-state index < -0.39 is 23.3 Å². The minimum Gasteiger partial charge on any atom is -0.490 e. The molecule has 4 rings (SSSR count). The van der Waals surface area contributed by atoms with E-state index >= 15 is 8.78 Å². The van der Waals surface area contributed by atoms with Crippen LogP contribution in [0.3, 0.4) is 0 Å². The molecule has 0 radical (unpaired) electrons. The fourth-order valence-electron chi connectivity index (χ4n) is 6.74. The summed E-state index contributed by atoms with van der Waals surface area (Å²) >= 11 is 0. The monoisotopic (exact) mass is 594 g/mol. The molecule has 1 saturated carbocycles. The van der Waals surface area contributed by atoms with Gasteiger partial charge in [0.25, 0.3) is 0 Å². The summed E-state index contributed by atoms with van der Waals surface area (Å²) in [5.74, 6) is -1.71. The molecule has 0 bridgehead atoms. The van der Waals surface area contributed by atoms with Crippen LogP contribution in [-0.4, -0.2) is 6.61 Å². The lowest BCUT2D eigenvalue weighted by molar-refractivity contribution is 0.220. The molecule has 0 saturated heterocycles. The van der Waals surface area contributed by atoms with Gasteiger partial charge in [0.15, 0.2) is 23.2 Å². The van der Waals surface area contributed by atoms with Crippen molar-refractivity contribution in [3.63, 3.8) is 0 Å². The molecular formula is C38H46F4O. The third-order valence-electron chi connectivity index (χ3n) is 9.57. The number of rotatable bonds is 14. The van der Waals surface area contributed by atoms with Crippen LogP contribution in [0.4, 0.5) is 17.6 Å². The van der Waals surface area contributed by atoms with Gasteiger partial charge in [0.1, 0.15) is 0 Å². The summed E-state index contributed by atoms with van der Waals surface area (Å²) < 4.78 is 65.5. The van der Waals surface area contributed by atoms with Gasteiger partial charge >= 0.3 is 0 Å². The summed E-state index contributed by atoms with van der Waals surface area (Å²) in [5, 5.41) is 0. The predicted molar refractivity (Wildman–Crippen MR) is 169 cm³/mol. The summed E-state index contributed by atoms with van der Waals surface area (Å²) in [6.07, 6.45) is 12.4. The van der Waals surface area contributed by atoms with Crippen LogP contribution < -0.4 is 4.74 Å². The second kappa shape index (κ2) is 15.6. The second-order valence-electron chi connectivity index (χ2n) is 12.3.